The van der Waals surface area contributed by atoms with E-state index in [-0.39, 0.29) is 16.6 Å². The molecule has 0 saturated carbocycles. The van der Waals surface area contributed by atoms with Crippen LogP contribution in [0.3, 0.4) is 0 Å². The second-order valence-electron chi connectivity index (χ2n) is 4.06. The molecule has 0 N–H and O–H groups in total. The predicted molar refractivity (Wildman–Crippen MR) is 79.8 cm³/mol. The lowest BCUT2D eigenvalue weighted by atomic mass is 10.3. The van der Waals surface area contributed by atoms with Gasteiger partial charge < -0.3 is 0 Å². The van der Waals surface area contributed by atoms with Gasteiger partial charge in [0.25, 0.3) is 0 Å². The zero-order chi connectivity index (χ0) is 14.8. The molecule has 0 aliphatic carbocycles. The van der Waals surface area contributed by atoms with E-state index in [9.17, 15) is 8.42 Å². The van der Waals surface area contributed by atoms with E-state index >= 15 is 0 Å². The Labute approximate surface area is 130 Å². The smallest absolute Gasteiger partial charge is 0.246 e. The average molecular weight is 377 g/mol. The molecule has 8 heteroatoms. The van der Waals surface area contributed by atoms with Crippen LogP contribution in [-0.4, -0.2) is 29.7 Å². The number of aromatic nitrogens is 2. The number of halogens is 2. The molecule has 0 unspecified atom stereocenters. The van der Waals surface area contributed by atoms with Crippen LogP contribution in [0.2, 0.25) is 5.15 Å². The quantitative estimate of drug-likeness (QED) is 0.770. The largest absolute Gasteiger partial charge is 0.265 e. The monoisotopic (exact) mass is 375 g/mol. The standard InChI is InChI=1S/C12H11BrClN3O2S/c1-17(8-9-2-4-15-5-3-9)20(18,19)11-6-10(13)7-16-12(11)14/h2-7H,8H2,1H3. The van der Waals surface area contributed by atoms with Crippen LogP contribution in [0.4, 0.5) is 0 Å². The van der Waals surface area contributed by atoms with Crippen molar-refractivity contribution < 1.29 is 8.42 Å². The summed E-state index contributed by atoms with van der Waals surface area (Å²) in [6.07, 6.45) is 4.68. The Morgan fingerprint density at radius 3 is 2.65 bits per heavy atom. The molecule has 2 aromatic rings. The molecule has 2 aromatic heterocycles. The van der Waals surface area contributed by atoms with Crippen molar-refractivity contribution in [2.75, 3.05) is 7.05 Å². The summed E-state index contributed by atoms with van der Waals surface area (Å²) < 4.78 is 26.7. The van der Waals surface area contributed by atoms with Gasteiger partial charge in [0.2, 0.25) is 10.0 Å². The third kappa shape index (κ3) is 3.35. The maximum Gasteiger partial charge on any atom is 0.246 e. The van der Waals surface area contributed by atoms with E-state index in [4.69, 9.17) is 11.6 Å². The summed E-state index contributed by atoms with van der Waals surface area (Å²) in [6.45, 7) is 0.230. The number of sulfonamides is 1. The maximum absolute atomic E-state index is 12.5. The molecule has 0 aromatic carbocycles. The normalized spacial score (nSPS) is 11.8. The molecule has 0 amide bonds. The first-order chi connectivity index (χ1) is 9.41. The van der Waals surface area contributed by atoms with E-state index in [2.05, 4.69) is 25.9 Å². The van der Waals surface area contributed by atoms with Crippen molar-refractivity contribution >= 4 is 37.6 Å². The van der Waals surface area contributed by atoms with E-state index in [1.54, 1.807) is 24.5 Å². The van der Waals surface area contributed by atoms with Gasteiger partial charge in [0, 0.05) is 36.7 Å². The van der Waals surface area contributed by atoms with E-state index in [0.29, 0.717) is 4.47 Å². The number of pyridine rings is 2. The summed E-state index contributed by atoms with van der Waals surface area (Å²) in [5.74, 6) is 0. The van der Waals surface area contributed by atoms with E-state index in [1.807, 2.05) is 0 Å². The minimum Gasteiger partial charge on any atom is -0.265 e. The fourth-order valence-corrected chi connectivity index (χ4v) is 3.66. The molecule has 5 nitrogen and oxygen atoms in total. The van der Waals surface area contributed by atoms with Crippen molar-refractivity contribution in [1.82, 2.24) is 14.3 Å². The topological polar surface area (TPSA) is 63.2 Å². The Bertz CT molecular complexity index is 710. The van der Waals surface area contributed by atoms with Crippen LogP contribution in [0.1, 0.15) is 5.56 Å². The highest BCUT2D eigenvalue weighted by molar-refractivity contribution is 9.10. The van der Waals surface area contributed by atoms with Crippen molar-refractivity contribution in [2.24, 2.45) is 0 Å². The van der Waals surface area contributed by atoms with Crippen LogP contribution < -0.4 is 0 Å². The van der Waals surface area contributed by atoms with Crippen LogP contribution in [-0.2, 0) is 16.6 Å². The molecule has 20 heavy (non-hydrogen) atoms. The van der Waals surface area contributed by atoms with Gasteiger partial charge in [0.1, 0.15) is 10.0 Å². The molecule has 0 saturated heterocycles. The van der Waals surface area contributed by atoms with Crippen molar-refractivity contribution in [1.29, 1.82) is 0 Å². The Kier molecular flexibility index (Phi) is 4.74. The van der Waals surface area contributed by atoms with Crippen LogP contribution in [0.25, 0.3) is 0 Å². The van der Waals surface area contributed by atoms with Gasteiger partial charge in [0.15, 0.2) is 0 Å². The Hall–Kier alpha value is -1.02. The lowest BCUT2D eigenvalue weighted by Crippen LogP contribution is -2.27. The van der Waals surface area contributed by atoms with Gasteiger partial charge in [0.05, 0.1) is 0 Å². The molecular formula is C12H11BrClN3O2S. The minimum absolute atomic E-state index is 0.0231. The Morgan fingerprint density at radius 2 is 2.00 bits per heavy atom. The number of rotatable bonds is 4. The molecule has 0 atom stereocenters. The molecule has 0 bridgehead atoms. The van der Waals surface area contributed by atoms with Gasteiger partial charge >= 0.3 is 0 Å². The molecule has 2 rings (SSSR count). The van der Waals surface area contributed by atoms with Gasteiger partial charge in [-0.1, -0.05) is 11.6 Å². The molecule has 0 aliphatic rings. The molecule has 2 heterocycles. The van der Waals surface area contributed by atoms with Crippen LogP contribution in [0.5, 0.6) is 0 Å². The average Bonchev–Trinajstić information content (AvgIpc) is 2.42. The summed E-state index contributed by atoms with van der Waals surface area (Å²) in [7, 11) is -2.21. The van der Waals surface area contributed by atoms with E-state index in [1.165, 1.54) is 23.6 Å². The van der Waals surface area contributed by atoms with Gasteiger partial charge in [-0.05, 0) is 39.7 Å². The van der Waals surface area contributed by atoms with E-state index < -0.39 is 10.0 Å². The van der Waals surface area contributed by atoms with Gasteiger partial charge in [-0.15, -0.1) is 0 Å². The van der Waals surface area contributed by atoms with Crippen molar-refractivity contribution in [3.8, 4) is 0 Å². The minimum atomic E-state index is -3.70. The zero-order valence-corrected chi connectivity index (χ0v) is 13.7. The molecule has 106 valence electrons. The summed E-state index contributed by atoms with van der Waals surface area (Å²) in [5, 5.41) is -0.0465. The van der Waals surface area contributed by atoms with Crippen molar-refractivity contribution in [3.05, 3.63) is 52.0 Å². The molecular weight excluding hydrogens is 366 g/mol. The van der Waals surface area contributed by atoms with E-state index in [0.717, 1.165) is 5.56 Å². The Balaban J connectivity index is 2.32. The summed E-state index contributed by atoms with van der Waals surface area (Å²) >= 11 is 9.07. The lowest BCUT2D eigenvalue weighted by molar-refractivity contribution is 0.466. The van der Waals surface area contributed by atoms with Crippen molar-refractivity contribution in [3.63, 3.8) is 0 Å². The van der Waals surface area contributed by atoms with Gasteiger partial charge in [-0.2, -0.15) is 4.31 Å². The second kappa shape index (κ2) is 6.17. The molecule has 0 spiro atoms. The first-order valence-electron chi connectivity index (χ1n) is 5.57. The third-order valence-electron chi connectivity index (χ3n) is 2.62. The predicted octanol–water partition coefficient (Wildman–Crippen LogP) is 2.71. The molecule has 0 aliphatic heterocycles. The second-order valence-corrected chi connectivity index (χ2v) is 7.35. The summed E-state index contributed by atoms with van der Waals surface area (Å²) in [5.41, 5.74) is 0.838. The number of hydrogen-bond acceptors (Lipinski definition) is 4. The van der Waals surface area contributed by atoms with Crippen molar-refractivity contribution in [2.45, 2.75) is 11.4 Å². The highest BCUT2D eigenvalue weighted by Gasteiger charge is 2.24. The maximum atomic E-state index is 12.5. The van der Waals surface area contributed by atoms with Gasteiger partial charge in [-0.3, -0.25) is 4.98 Å². The van der Waals surface area contributed by atoms with Crippen LogP contribution in [0.15, 0.2) is 46.2 Å². The fraction of sp³-hybridized carbons (Fsp3) is 0.167. The SMILES string of the molecule is CN(Cc1ccncc1)S(=O)(=O)c1cc(Br)cnc1Cl. The first-order valence-corrected chi connectivity index (χ1v) is 8.18. The number of nitrogens with zero attached hydrogens (tertiary/aromatic N) is 3. The summed E-state index contributed by atoms with van der Waals surface area (Å²) in [4.78, 5) is 7.71. The molecule has 0 radical (unpaired) electrons. The highest BCUT2D eigenvalue weighted by Crippen LogP contribution is 2.25. The fourth-order valence-electron chi connectivity index (χ4n) is 1.58. The van der Waals surface area contributed by atoms with Crippen LogP contribution in [0, 0.1) is 0 Å². The van der Waals surface area contributed by atoms with Gasteiger partial charge in [-0.25, -0.2) is 13.4 Å². The number of hydrogen-bond donors (Lipinski definition) is 0. The summed E-state index contributed by atoms with van der Waals surface area (Å²) in [6, 6.07) is 4.95. The third-order valence-corrected chi connectivity index (χ3v) is 5.28. The first kappa shape index (κ1) is 15.4. The van der Waals surface area contributed by atoms with Crippen LogP contribution >= 0.6 is 27.5 Å². The molecule has 0 fully saturated rings. The zero-order valence-electron chi connectivity index (χ0n) is 10.5. The lowest BCUT2D eigenvalue weighted by Gasteiger charge is -2.17. The highest BCUT2D eigenvalue weighted by atomic mass is 79.9. The Morgan fingerprint density at radius 1 is 1.35 bits per heavy atom.